The van der Waals surface area contributed by atoms with Gasteiger partial charge in [0.05, 0.1) is 3.79 Å². The minimum Gasteiger partial charge on any atom is -0.324 e. The lowest BCUT2D eigenvalue weighted by Gasteiger charge is -2.19. The molecule has 1 atom stereocenters. The van der Waals surface area contributed by atoms with Gasteiger partial charge in [-0.25, -0.2) is 0 Å². The van der Waals surface area contributed by atoms with Gasteiger partial charge in [0.2, 0.25) is 0 Å². The van der Waals surface area contributed by atoms with Gasteiger partial charge in [0.15, 0.2) is 0 Å². The van der Waals surface area contributed by atoms with Crippen LogP contribution in [0.3, 0.4) is 0 Å². The first-order chi connectivity index (χ1) is 9.56. The predicted octanol–water partition coefficient (Wildman–Crippen LogP) is 4.80. The van der Waals surface area contributed by atoms with E-state index in [0.717, 1.165) is 24.0 Å². The third-order valence-electron chi connectivity index (χ3n) is 3.20. The van der Waals surface area contributed by atoms with Crippen LogP contribution >= 0.6 is 43.2 Å². The van der Waals surface area contributed by atoms with Gasteiger partial charge < -0.3 is 10.6 Å². The third-order valence-corrected chi connectivity index (χ3v) is 5.48. The third kappa shape index (κ3) is 4.67. The van der Waals surface area contributed by atoms with E-state index in [9.17, 15) is 0 Å². The highest BCUT2D eigenvalue weighted by atomic mass is 79.9. The molecular formula is C15H18Br2N2S. The number of hydrogen-bond donors (Lipinski definition) is 1. The highest BCUT2D eigenvalue weighted by molar-refractivity contribution is 9.11. The van der Waals surface area contributed by atoms with Crippen LogP contribution in [0.25, 0.3) is 0 Å². The summed E-state index contributed by atoms with van der Waals surface area (Å²) in [5, 5.41) is 2.19. The maximum absolute atomic E-state index is 6.28. The SMILES string of the molecule is CN(CCC(N)c1ccccc1Br)Cc1csc(Br)c1. The zero-order valence-electron chi connectivity index (χ0n) is 11.4. The molecule has 108 valence electrons. The Balaban J connectivity index is 1.84. The van der Waals surface area contributed by atoms with Crippen LogP contribution in [0.4, 0.5) is 0 Å². The monoisotopic (exact) mass is 416 g/mol. The molecule has 0 aliphatic rings. The summed E-state index contributed by atoms with van der Waals surface area (Å²) in [6.45, 7) is 1.95. The summed E-state index contributed by atoms with van der Waals surface area (Å²) < 4.78 is 2.28. The molecule has 1 aromatic carbocycles. The molecular weight excluding hydrogens is 400 g/mol. The summed E-state index contributed by atoms with van der Waals surface area (Å²) in [4.78, 5) is 2.31. The molecule has 0 amide bonds. The van der Waals surface area contributed by atoms with Gasteiger partial charge >= 0.3 is 0 Å². The second kappa shape index (κ2) is 7.71. The molecule has 0 saturated carbocycles. The van der Waals surface area contributed by atoms with Crippen molar-refractivity contribution in [3.8, 4) is 0 Å². The highest BCUT2D eigenvalue weighted by Gasteiger charge is 2.11. The van der Waals surface area contributed by atoms with Crippen LogP contribution in [0, 0.1) is 0 Å². The Morgan fingerprint density at radius 3 is 2.70 bits per heavy atom. The Morgan fingerprint density at radius 2 is 2.05 bits per heavy atom. The Bertz CT molecular complexity index is 556. The van der Waals surface area contributed by atoms with Gasteiger partial charge in [-0.15, -0.1) is 11.3 Å². The molecule has 1 heterocycles. The maximum Gasteiger partial charge on any atom is 0.0701 e. The van der Waals surface area contributed by atoms with Gasteiger partial charge in [-0.05, 0) is 64.6 Å². The van der Waals surface area contributed by atoms with Crippen molar-refractivity contribution in [2.45, 2.75) is 19.0 Å². The zero-order chi connectivity index (χ0) is 14.5. The Hall–Kier alpha value is -0.200. The van der Waals surface area contributed by atoms with E-state index in [1.807, 2.05) is 18.2 Å². The largest absolute Gasteiger partial charge is 0.324 e. The highest BCUT2D eigenvalue weighted by Crippen LogP contribution is 2.24. The van der Waals surface area contributed by atoms with Crippen molar-refractivity contribution < 1.29 is 0 Å². The van der Waals surface area contributed by atoms with E-state index in [-0.39, 0.29) is 6.04 Å². The molecule has 0 spiro atoms. The molecule has 2 rings (SSSR count). The zero-order valence-corrected chi connectivity index (χ0v) is 15.3. The molecule has 20 heavy (non-hydrogen) atoms. The lowest BCUT2D eigenvalue weighted by Crippen LogP contribution is -2.23. The number of nitrogens with zero attached hydrogens (tertiary/aromatic N) is 1. The number of hydrogen-bond acceptors (Lipinski definition) is 3. The molecule has 0 fully saturated rings. The predicted molar refractivity (Wildman–Crippen MR) is 94.0 cm³/mol. The van der Waals surface area contributed by atoms with Crippen molar-refractivity contribution in [2.24, 2.45) is 5.73 Å². The number of halogens is 2. The van der Waals surface area contributed by atoms with E-state index >= 15 is 0 Å². The number of rotatable bonds is 6. The maximum atomic E-state index is 6.28. The molecule has 5 heteroatoms. The van der Waals surface area contributed by atoms with Crippen LogP contribution in [0.2, 0.25) is 0 Å². The molecule has 2 nitrogen and oxygen atoms in total. The Kier molecular flexibility index (Phi) is 6.23. The number of nitrogens with two attached hydrogens (primary N) is 1. The van der Waals surface area contributed by atoms with E-state index in [1.165, 1.54) is 14.9 Å². The van der Waals surface area contributed by atoms with E-state index in [1.54, 1.807) is 11.3 Å². The first-order valence-electron chi connectivity index (χ1n) is 6.47. The van der Waals surface area contributed by atoms with E-state index in [0.29, 0.717) is 0 Å². The van der Waals surface area contributed by atoms with Gasteiger partial charge in [-0.1, -0.05) is 34.1 Å². The molecule has 1 unspecified atom stereocenters. The summed E-state index contributed by atoms with van der Waals surface area (Å²) in [6.07, 6.45) is 0.949. The van der Waals surface area contributed by atoms with Crippen molar-refractivity contribution in [3.05, 3.63) is 55.1 Å². The molecule has 0 aliphatic heterocycles. The lowest BCUT2D eigenvalue weighted by molar-refractivity contribution is 0.312. The van der Waals surface area contributed by atoms with Crippen molar-refractivity contribution in [1.82, 2.24) is 4.90 Å². The lowest BCUT2D eigenvalue weighted by atomic mass is 10.0. The fourth-order valence-electron chi connectivity index (χ4n) is 2.11. The normalized spacial score (nSPS) is 12.8. The second-order valence-corrected chi connectivity index (χ2v) is 8.06. The first-order valence-corrected chi connectivity index (χ1v) is 8.94. The van der Waals surface area contributed by atoms with E-state index < -0.39 is 0 Å². The smallest absolute Gasteiger partial charge is 0.0701 e. The quantitative estimate of drug-likeness (QED) is 0.731. The van der Waals surface area contributed by atoms with Gasteiger partial charge in [0.25, 0.3) is 0 Å². The molecule has 0 bridgehead atoms. The standard InChI is InChI=1S/C15H18Br2N2S/c1-19(9-11-8-15(17)20-10-11)7-6-14(18)12-4-2-3-5-13(12)16/h2-5,8,10,14H,6-7,9,18H2,1H3. The van der Waals surface area contributed by atoms with E-state index in [2.05, 4.69) is 61.3 Å². The Morgan fingerprint density at radius 1 is 1.30 bits per heavy atom. The average molecular weight is 418 g/mol. The van der Waals surface area contributed by atoms with Gasteiger partial charge in [0, 0.05) is 17.1 Å². The van der Waals surface area contributed by atoms with Crippen LogP contribution in [0.15, 0.2) is 44.0 Å². The first kappa shape index (κ1) is 16.2. The summed E-state index contributed by atoms with van der Waals surface area (Å²) in [5.41, 5.74) is 8.81. The Labute approximate surface area is 141 Å². The van der Waals surface area contributed by atoms with Crippen molar-refractivity contribution in [2.75, 3.05) is 13.6 Å². The summed E-state index contributed by atoms with van der Waals surface area (Å²) >= 11 is 8.79. The van der Waals surface area contributed by atoms with Crippen molar-refractivity contribution in [1.29, 1.82) is 0 Å². The van der Waals surface area contributed by atoms with Crippen LogP contribution in [0.5, 0.6) is 0 Å². The summed E-state index contributed by atoms with van der Waals surface area (Å²) in [6, 6.07) is 10.4. The van der Waals surface area contributed by atoms with Crippen molar-refractivity contribution >= 4 is 43.2 Å². The van der Waals surface area contributed by atoms with Crippen LogP contribution < -0.4 is 5.73 Å². The van der Waals surface area contributed by atoms with Crippen LogP contribution in [-0.4, -0.2) is 18.5 Å². The van der Waals surface area contributed by atoms with Gasteiger partial charge in [-0.3, -0.25) is 0 Å². The van der Waals surface area contributed by atoms with Gasteiger partial charge in [-0.2, -0.15) is 0 Å². The fraction of sp³-hybridized carbons (Fsp3) is 0.333. The average Bonchev–Trinajstić information content (AvgIpc) is 2.82. The molecule has 1 aromatic heterocycles. The number of thiophene rings is 1. The molecule has 2 N–H and O–H groups in total. The van der Waals surface area contributed by atoms with E-state index in [4.69, 9.17) is 5.73 Å². The molecule has 0 radical (unpaired) electrons. The molecule has 0 saturated heterocycles. The molecule has 0 aliphatic carbocycles. The van der Waals surface area contributed by atoms with Crippen LogP contribution in [0.1, 0.15) is 23.6 Å². The summed E-state index contributed by atoms with van der Waals surface area (Å²) in [5.74, 6) is 0. The number of benzene rings is 1. The topological polar surface area (TPSA) is 29.3 Å². The summed E-state index contributed by atoms with van der Waals surface area (Å²) in [7, 11) is 2.14. The fourth-order valence-corrected chi connectivity index (χ4v) is 3.89. The van der Waals surface area contributed by atoms with Crippen LogP contribution in [-0.2, 0) is 6.54 Å². The van der Waals surface area contributed by atoms with Gasteiger partial charge in [0.1, 0.15) is 0 Å². The molecule has 2 aromatic rings. The minimum atomic E-state index is 0.0715. The minimum absolute atomic E-state index is 0.0715. The van der Waals surface area contributed by atoms with Crippen molar-refractivity contribution in [3.63, 3.8) is 0 Å². The second-order valence-electron chi connectivity index (χ2n) is 4.91.